The predicted molar refractivity (Wildman–Crippen MR) is 83.4 cm³/mol. The summed E-state index contributed by atoms with van der Waals surface area (Å²) in [6, 6.07) is 1.61. The van der Waals surface area contributed by atoms with Crippen LogP contribution in [0.3, 0.4) is 0 Å². The number of nitrogens with one attached hydrogen (secondary N) is 1. The molecule has 1 aromatic rings. The van der Waals surface area contributed by atoms with Gasteiger partial charge in [-0.2, -0.15) is 0 Å². The molecule has 0 aliphatic rings. The molecular formula is C15H25N3O3. The van der Waals surface area contributed by atoms with Crippen molar-refractivity contribution in [3.63, 3.8) is 0 Å². The molecule has 0 bridgehead atoms. The van der Waals surface area contributed by atoms with Crippen LogP contribution in [0.25, 0.3) is 0 Å². The molecule has 0 aromatic carbocycles. The molecule has 1 rings (SSSR count). The first-order valence-corrected chi connectivity index (χ1v) is 7.28. The van der Waals surface area contributed by atoms with Crippen molar-refractivity contribution in [3.05, 3.63) is 17.8 Å². The van der Waals surface area contributed by atoms with E-state index in [4.69, 9.17) is 15.2 Å². The smallest absolute Gasteiger partial charge is 0.340 e. The summed E-state index contributed by atoms with van der Waals surface area (Å²) in [5.41, 5.74) is 6.39. The fourth-order valence-electron chi connectivity index (χ4n) is 1.66. The summed E-state index contributed by atoms with van der Waals surface area (Å²) in [7, 11) is 0. The highest BCUT2D eigenvalue weighted by Gasteiger charge is 2.12. The number of hydrogen-bond acceptors (Lipinski definition) is 6. The quantitative estimate of drug-likeness (QED) is 0.537. The van der Waals surface area contributed by atoms with Crippen LogP contribution in [-0.2, 0) is 9.47 Å². The molecule has 0 amide bonds. The number of rotatable bonds is 9. The van der Waals surface area contributed by atoms with Gasteiger partial charge < -0.3 is 20.5 Å². The van der Waals surface area contributed by atoms with Gasteiger partial charge in [0.1, 0.15) is 5.82 Å². The third kappa shape index (κ3) is 6.44. The molecule has 0 saturated heterocycles. The van der Waals surface area contributed by atoms with Gasteiger partial charge in [0.2, 0.25) is 0 Å². The van der Waals surface area contributed by atoms with Gasteiger partial charge in [0, 0.05) is 19.8 Å². The van der Waals surface area contributed by atoms with E-state index in [2.05, 4.69) is 24.1 Å². The molecule has 118 valence electrons. The Hall–Kier alpha value is -1.82. The number of anilines is 2. The van der Waals surface area contributed by atoms with Crippen LogP contribution in [0.1, 0.15) is 37.6 Å². The van der Waals surface area contributed by atoms with Crippen molar-refractivity contribution < 1.29 is 14.3 Å². The summed E-state index contributed by atoms with van der Waals surface area (Å²) in [6.45, 7) is 8.50. The summed E-state index contributed by atoms with van der Waals surface area (Å²) in [5, 5.41) is 3.14. The van der Waals surface area contributed by atoms with Crippen LogP contribution < -0.4 is 11.1 Å². The number of nitrogen functional groups attached to an aromatic ring is 1. The van der Waals surface area contributed by atoms with E-state index in [1.165, 1.54) is 6.20 Å². The van der Waals surface area contributed by atoms with Crippen molar-refractivity contribution in [2.24, 2.45) is 5.92 Å². The van der Waals surface area contributed by atoms with Gasteiger partial charge >= 0.3 is 5.97 Å². The molecule has 6 heteroatoms. The molecular weight excluding hydrogens is 270 g/mol. The molecule has 0 saturated carbocycles. The zero-order valence-corrected chi connectivity index (χ0v) is 13.0. The lowest BCUT2D eigenvalue weighted by molar-refractivity contribution is 0.0527. The summed E-state index contributed by atoms with van der Waals surface area (Å²) in [5.74, 6) is 0.723. The van der Waals surface area contributed by atoms with Gasteiger partial charge in [-0.25, -0.2) is 9.78 Å². The third-order valence-corrected chi connectivity index (χ3v) is 2.65. The van der Waals surface area contributed by atoms with E-state index in [-0.39, 0.29) is 0 Å². The van der Waals surface area contributed by atoms with Crippen LogP contribution >= 0.6 is 0 Å². The molecule has 1 heterocycles. The predicted octanol–water partition coefficient (Wildman–Crippen LogP) is 2.32. The van der Waals surface area contributed by atoms with E-state index < -0.39 is 5.97 Å². The molecule has 3 N–H and O–H groups in total. The Morgan fingerprint density at radius 3 is 2.90 bits per heavy atom. The zero-order valence-electron chi connectivity index (χ0n) is 13.0. The van der Waals surface area contributed by atoms with Crippen LogP contribution in [0.4, 0.5) is 11.5 Å². The maximum Gasteiger partial charge on any atom is 0.340 e. The highest BCUT2D eigenvalue weighted by molar-refractivity contribution is 5.95. The summed E-state index contributed by atoms with van der Waals surface area (Å²) < 4.78 is 10.4. The second kappa shape index (κ2) is 9.18. The Bertz CT molecular complexity index is 450. The van der Waals surface area contributed by atoms with Crippen LogP contribution in [0.5, 0.6) is 0 Å². The fraction of sp³-hybridized carbons (Fsp3) is 0.600. The first kappa shape index (κ1) is 17.2. The molecule has 21 heavy (non-hydrogen) atoms. The first-order chi connectivity index (χ1) is 10.0. The van der Waals surface area contributed by atoms with Crippen molar-refractivity contribution in [1.29, 1.82) is 0 Å². The molecule has 0 fully saturated rings. The Morgan fingerprint density at radius 2 is 2.24 bits per heavy atom. The standard InChI is InChI=1S/C15H25N3O3/c1-4-21-15(19)12-8-14(18-9-13(12)16)17-6-5-7-20-10-11(2)3/h8-9,11H,4-7,10,16H2,1-3H3,(H,17,18). The lowest BCUT2D eigenvalue weighted by Gasteiger charge is -2.10. The van der Waals surface area contributed by atoms with Crippen molar-refractivity contribution >= 4 is 17.5 Å². The maximum absolute atomic E-state index is 11.7. The van der Waals surface area contributed by atoms with Crippen molar-refractivity contribution in [2.75, 3.05) is 37.4 Å². The van der Waals surface area contributed by atoms with E-state index >= 15 is 0 Å². The summed E-state index contributed by atoms with van der Waals surface area (Å²) >= 11 is 0. The first-order valence-electron chi connectivity index (χ1n) is 7.28. The van der Waals surface area contributed by atoms with Crippen molar-refractivity contribution in [1.82, 2.24) is 4.98 Å². The molecule has 0 atom stereocenters. The van der Waals surface area contributed by atoms with Crippen LogP contribution in [-0.4, -0.2) is 37.3 Å². The second-order valence-electron chi connectivity index (χ2n) is 5.13. The molecule has 0 unspecified atom stereocenters. The van der Waals surface area contributed by atoms with Crippen LogP contribution in [0, 0.1) is 5.92 Å². The molecule has 6 nitrogen and oxygen atoms in total. The van der Waals surface area contributed by atoms with Gasteiger partial charge in [-0.1, -0.05) is 13.8 Å². The number of nitrogens with zero attached hydrogens (tertiary/aromatic N) is 1. The average Bonchev–Trinajstić information content (AvgIpc) is 2.44. The number of esters is 1. The topological polar surface area (TPSA) is 86.5 Å². The minimum Gasteiger partial charge on any atom is -0.462 e. The van der Waals surface area contributed by atoms with Crippen molar-refractivity contribution in [3.8, 4) is 0 Å². The lowest BCUT2D eigenvalue weighted by Crippen LogP contribution is -2.12. The molecule has 0 radical (unpaired) electrons. The van der Waals surface area contributed by atoms with Gasteiger partial charge in [0.05, 0.1) is 24.1 Å². The van der Waals surface area contributed by atoms with Crippen LogP contribution in [0.2, 0.25) is 0 Å². The largest absolute Gasteiger partial charge is 0.462 e. The molecule has 0 aliphatic heterocycles. The van der Waals surface area contributed by atoms with Gasteiger partial charge in [0.15, 0.2) is 0 Å². The Labute approximate surface area is 126 Å². The summed E-state index contributed by atoms with van der Waals surface area (Å²) in [4.78, 5) is 15.9. The minimum atomic E-state index is -0.430. The monoisotopic (exact) mass is 295 g/mol. The maximum atomic E-state index is 11.7. The van der Waals surface area contributed by atoms with Gasteiger partial charge in [0.25, 0.3) is 0 Å². The third-order valence-electron chi connectivity index (χ3n) is 2.65. The Kier molecular flexibility index (Phi) is 7.53. The SMILES string of the molecule is CCOC(=O)c1cc(NCCCOCC(C)C)ncc1N. The van der Waals surface area contributed by atoms with E-state index in [0.29, 0.717) is 36.2 Å². The zero-order chi connectivity index (χ0) is 15.7. The van der Waals surface area contributed by atoms with E-state index in [0.717, 1.165) is 19.6 Å². The van der Waals surface area contributed by atoms with Gasteiger partial charge in [-0.15, -0.1) is 0 Å². The highest BCUT2D eigenvalue weighted by atomic mass is 16.5. The fourth-order valence-corrected chi connectivity index (χ4v) is 1.66. The number of nitrogens with two attached hydrogens (primary N) is 1. The minimum absolute atomic E-state index is 0.316. The molecule has 0 aliphatic carbocycles. The molecule has 1 aromatic heterocycles. The highest BCUT2D eigenvalue weighted by Crippen LogP contribution is 2.16. The summed E-state index contributed by atoms with van der Waals surface area (Å²) in [6.07, 6.45) is 2.33. The molecule has 0 spiro atoms. The van der Waals surface area contributed by atoms with Gasteiger partial charge in [-0.3, -0.25) is 0 Å². The van der Waals surface area contributed by atoms with E-state index in [1.807, 2.05) is 0 Å². The number of hydrogen-bond donors (Lipinski definition) is 2. The second-order valence-corrected chi connectivity index (χ2v) is 5.13. The number of aromatic nitrogens is 1. The number of carbonyl (C=O) groups excluding carboxylic acids is 1. The van der Waals surface area contributed by atoms with Crippen LogP contribution in [0.15, 0.2) is 12.3 Å². The number of carbonyl (C=O) groups is 1. The lowest BCUT2D eigenvalue weighted by atomic mass is 10.2. The Balaban J connectivity index is 2.42. The Morgan fingerprint density at radius 1 is 1.48 bits per heavy atom. The average molecular weight is 295 g/mol. The van der Waals surface area contributed by atoms with Crippen molar-refractivity contribution in [2.45, 2.75) is 27.2 Å². The van der Waals surface area contributed by atoms with E-state index in [1.54, 1.807) is 13.0 Å². The number of ether oxygens (including phenoxy) is 2. The van der Waals surface area contributed by atoms with Gasteiger partial charge in [-0.05, 0) is 25.3 Å². The van der Waals surface area contributed by atoms with E-state index in [9.17, 15) is 4.79 Å². The number of pyridine rings is 1. The normalized spacial score (nSPS) is 10.7.